The summed E-state index contributed by atoms with van der Waals surface area (Å²) in [7, 11) is 1.64. The van der Waals surface area contributed by atoms with Crippen molar-refractivity contribution in [3.05, 3.63) is 69.0 Å². The van der Waals surface area contributed by atoms with Gasteiger partial charge in [0.2, 0.25) is 0 Å². The van der Waals surface area contributed by atoms with Gasteiger partial charge < -0.3 is 25.0 Å². The monoisotopic (exact) mass is 516 g/mol. The maximum Gasteiger partial charge on any atom is 0.416 e. The van der Waals surface area contributed by atoms with E-state index < -0.39 is 53.1 Å². The van der Waals surface area contributed by atoms with Gasteiger partial charge in [0.05, 0.1) is 41.0 Å². The molecule has 0 saturated carbocycles. The van der Waals surface area contributed by atoms with E-state index in [2.05, 4.69) is 0 Å². The number of nitriles is 1. The Morgan fingerprint density at radius 3 is 2.35 bits per heavy atom. The fourth-order valence-electron chi connectivity index (χ4n) is 4.20. The highest BCUT2D eigenvalue weighted by molar-refractivity contribution is 6.06. The topological polar surface area (TPSA) is 136 Å². The van der Waals surface area contributed by atoms with E-state index in [0.29, 0.717) is 11.3 Å². The molecule has 1 aliphatic heterocycles. The van der Waals surface area contributed by atoms with Crippen LogP contribution < -0.4 is 15.8 Å². The predicted octanol–water partition coefficient (Wildman–Crippen LogP) is 3.63. The van der Waals surface area contributed by atoms with Crippen molar-refractivity contribution in [2.75, 3.05) is 18.5 Å². The van der Waals surface area contributed by atoms with Crippen LogP contribution in [0.3, 0.4) is 0 Å². The second kappa shape index (κ2) is 10.2. The number of pyridine rings is 1. The zero-order valence-electron chi connectivity index (χ0n) is 20.1. The van der Waals surface area contributed by atoms with E-state index in [1.165, 1.54) is 28.8 Å². The lowest BCUT2D eigenvalue weighted by atomic mass is 9.97. The van der Waals surface area contributed by atoms with E-state index >= 15 is 0 Å². The number of benzene rings is 2. The molecule has 0 bridgehead atoms. The van der Waals surface area contributed by atoms with Crippen LogP contribution >= 0.6 is 0 Å². The summed E-state index contributed by atoms with van der Waals surface area (Å²) in [6.07, 6.45) is -4.52. The Hall–Kier alpha value is -4.53. The van der Waals surface area contributed by atoms with Gasteiger partial charge in [0, 0.05) is 12.4 Å². The molecule has 2 aromatic carbocycles. The smallest absolute Gasteiger partial charge is 0.416 e. The van der Waals surface area contributed by atoms with Gasteiger partial charge in [-0.3, -0.25) is 14.4 Å². The van der Waals surface area contributed by atoms with Crippen molar-refractivity contribution in [1.82, 2.24) is 9.88 Å². The lowest BCUT2D eigenvalue weighted by Gasteiger charge is -2.37. The van der Waals surface area contributed by atoms with Gasteiger partial charge >= 0.3 is 12.1 Å². The van der Waals surface area contributed by atoms with Crippen molar-refractivity contribution in [3.63, 3.8) is 0 Å². The molecular formula is C25H23F3N4O5. The molecule has 1 unspecified atom stereocenters. The summed E-state index contributed by atoms with van der Waals surface area (Å²) in [4.78, 5) is 38.4. The van der Waals surface area contributed by atoms with E-state index in [-0.39, 0.29) is 23.0 Å². The Labute approximate surface area is 209 Å². The number of carboxylic acid groups (broad SMARTS) is 1. The van der Waals surface area contributed by atoms with Crippen molar-refractivity contribution in [3.8, 4) is 11.8 Å². The van der Waals surface area contributed by atoms with Crippen molar-refractivity contribution < 1.29 is 33.0 Å². The van der Waals surface area contributed by atoms with Crippen molar-refractivity contribution in [1.29, 1.82) is 5.26 Å². The van der Waals surface area contributed by atoms with Gasteiger partial charge in [0.25, 0.3) is 11.5 Å². The minimum absolute atomic E-state index is 0.0249. The third kappa shape index (κ3) is 4.93. The lowest BCUT2D eigenvalue weighted by Crippen LogP contribution is -2.41. The number of nitrogens with zero attached hydrogens (tertiary/aromatic N) is 3. The van der Waals surface area contributed by atoms with Crippen LogP contribution in [0.15, 0.2) is 41.2 Å². The zero-order chi connectivity index (χ0) is 27.7. The second-order valence-corrected chi connectivity index (χ2v) is 7.97. The van der Waals surface area contributed by atoms with Gasteiger partial charge in [0.1, 0.15) is 17.9 Å². The van der Waals surface area contributed by atoms with Crippen LogP contribution in [-0.4, -0.2) is 40.2 Å². The summed E-state index contributed by atoms with van der Waals surface area (Å²) >= 11 is 0. The molecule has 4 rings (SSSR count). The van der Waals surface area contributed by atoms with Crippen LogP contribution in [0.4, 0.5) is 18.9 Å². The first-order chi connectivity index (χ1) is 17.4. The SMILES string of the molecule is CC.CN1c2cc(C#N)cc3c(O)c(C(=O)NCC(=O)O)c(=O)n(c23)CC1c1ccc(C(F)(F)F)cc1. The van der Waals surface area contributed by atoms with Crippen LogP contribution in [0.5, 0.6) is 5.75 Å². The zero-order valence-corrected chi connectivity index (χ0v) is 20.1. The third-order valence-corrected chi connectivity index (χ3v) is 5.89. The van der Waals surface area contributed by atoms with Gasteiger partial charge in [-0.15, -0.1) is 0 Å². The van der Waals surface area contributed by atoms with Crippen molar-refractivity contribution in [2.45, 2.75) is 32.6 Å². The number of carboxylic acids is 1. The first-order valence-electron chi connectivity index (χ1n) is 11.2. The predicted molar refractivity (Wildman–Crippen MR) is 128 cm³/mol. The van der Waals surface area contributed by atoms with E-state index in [0.717, 1.165) is 12.1 Å². The Morgan fingerprint density at radius 1 is 1.19 bits per heavy atom. The van der Waals surface area contributed by atoms with Crippen molar-refractivity contribution >= 4 is 28.5 Å². The van der Waals surface area contributed by atoms with Gasteiger partial charge in [-0.1, -0.05) is 26.0 Å². The molecule has 0 saturated heterocycles. The summed E-state index contributed by atoms with van der Waals surface area (Å²) in [6, 6.07) is 8.46. The summed E-state index contributed by atoms with van der Waals surface area (Å²) in [5.74, 6) is -3.18. The number of anilines is 1. The second-order valence-electron chi connectivity index (χ2n) is 7.97. The number of aromatic nitrogens is 1. The van der Waals surface area contributed by atoms with Crippen molar-refractivity contribution in [2.24, 2.45) is 0 Å². The summed E-state index contributed by atoms with van der Waals surface area (Å²) in [5.41, 5.74) is -1.33. The van der Waals surface area contributed by atoms with Crippen LogP contribution in [0.1, 0.15) is 46.9 Å². The molecule has 2 heterocycles. The number of amides is 1. The number of nitrogens with one attached hydrogen (secondary N) is 1. The van der Waals surface area contributed by atoms with Crippen LogP contribution in [0.25, 0.3) is 10.9 Å². The quantitative estimate of drug-likeness (QED) is 0.482. The van der Waals surface area contributed by atoms with E-state index in [9.17, 15) is 37.9 Å². The lowest BCUT2D eigenvalue weighted by molar-refractivity contribution is -0.138. The highest BCUT2D eigenvalue weighted by atomic mass is 19.4. The summed E-state index contributed by atoms with van der Waals surface area (Å²) < 4.78 is 40.2. The molecule has 9 nitrogen and oxygen atoms in total. The number of carbonyl (C=O) groups excluding carboxylic acids is 1. The molecule has 1 aliphatic rings. The number of rotatable bonds is 4. The fraction of sp³-hybridized carbons (Fsp3) is 0.280. The molecule has 194 valence electrons. The van der Waals surface area contributed by atoms with Gasteiger partial charge in [-0.05, 0) is 29.8 Å². The Morgan fingerprint density at radius 2 is 1.81 bits per heavy atom. The Balaban J connectivity index is 0.00000186. The molecule has 0 radical (unpaired) electrons. The van der Waals surface area contributed by atoms with E-state index in [4.69, 9.17) is 5.11 Å². The molecule has 0 spiro atoms. The van der Waals surface area contributed by atoms with E-state index in [1.54, 1.807) is 11.9 Å². The van der Waals surface area contributed by atoms with Crippen LogP contribution in [0, 0.1) is 11.3 Å². The average molecular weight is 516 g/mol. The van der Waals surface area contributed by atoms with Crippen LogP contribution in [0.2, 0.25) is 0 Å². The first-order valence-corrected chi connectivity index (χ1v) is 11.2. The van der Waals surface area contributed by atoms with Crippen LogP contribution in [-0.2, 0) is 17.5 Å². The normalized spacial score (nSPS) is 14.4. The maximum atomic E-state index is 13.3. The minimum atomic E-state index is -4.52. The minimum Gasteiger partial charge on any atom is -0.506 e. The molecule has 37 heavy (non-hydrogen) atoms. The molecule has 1 amide bonds. The largest absolute Gasteiger partial charge is 0.506 e. The Kier molecular flexibility index (Phi) is 7.48. The number of carbonyl (C=O) groups is 2. The van der Waals surface area contributed by atoms with E-state index in [1.807, 2.05) is 25.2 Å². The number of aliphatic carboxylic acids is 1. The number of aromatic hydroxyl groups is 1. The standard InChI is InChI=1S/C23H17F3N4O5.C2H6/c1-29-15-7-11(8-27)6-14-19(15)30(22(35)18(20(14)33)21(34)28-9-17(31)32)10-16(29)12-2-4-13(5-3-12)23(24,25)26;1-2/h2-7,16,33H,9-10H2,1H3,(H,28,34)(H,31,32);1-2H3. The Bertz CT molecular complexity index is 1470. The summed E-state index contributed by atoms with van der Waals surface area (Å²) in [6.45, 7) is 3.12. The third-order valence-electron chi connectivity index (χ3n) is 5.89. The fourth-order valence-corrected chi connectivity index (χ4v) is 4.20. The molecule has 12 heteroatoms. The van der Waals surface area contributed by atoms with Gasteiger partial charge in [0.15, 0.2) is 0 Å². The first kappa shape index (κ1) is 27.1. The van der Waals surface area contributed by atoms with Gasteiger partial charge in [-0.2, -0.15) is 18.4 Å². The number of alkyl halides is 3. The molecular weight excluding hydrogens is 493 g/mol. The molecule has 1 aromatic heterocycles. The number of hydrogen-bond donors (Lipinski definition) is 3. The number of hydrogen-bond acceptors (Lipinski definition) is 6. The molecule has 3 aromatic rings. The average Bonchev–Trinajstić information content (AvgIpc) is 2.87. The highest BCUT2D eigenvalue weighted by Crippen LogP contribution is 2.41. The number of likely N-dealkylation sites (N-methyl/N-ethyl adjacent to an activating group) is 1. The van der Waals surface area contributed by atoms with Gasteiger partial charge in [-0.25, -0.2) is 0 Å². The number of halogens is 3. The molecule has 0 fully saturated rings. The summed E-state index contributed by atoms with van der Waals surface area (Å²) in [5, 5.41) is 31.1. The molecule has 3 N–H and O–H groups in total. The highest BCUT2D eigenvalue weighted by Gasteiger charge is 2.34. The molecule has 1 atom stereocenters. The maximum absolute atomic E-state index is 13.3. The molecule has 0 aliphatic carbocycles.